The van der Waals surface area contributed by atoms with E-state index in [1.54, 1.807) is 11.3 Å². The minimum atomic E-state index is -0.979. The van der Waals surface area contributed by atoms with Gasteiger partial charge in [-0.15, -0.1) is 11.3 Å². The average molecular weight is 289 g/mol. The topological polar surface area (TPSA) is 59.4 Å². The van der Waals surface area contributed by atoms with Gasteiger partial charge in [-0.25, -0.2) is 9.78 Å². The first-order valence-corrected chi connectivity index (χ1v) is 6.98. The minimum Gasteiger partial charge on any atom is -0.486 e. The lowest BCUT2D eigenvalue weighted by atomic mass is 10.1. The molecule has 0 radical (unpaired) electrons. The van der Waals surface area contributed by atoms with Gasteiger partial charge in [-0.2, -0.15) is 0 Å². The van der Waals surface area contributed by atoms with Crippen molar-refractivity contribution < 1.29 is 14.6 Å². The molecule has 0 fully saturated rings. The van der Waals surface area contributed by atoms with Gasteiger partial charge in [-0.1, -0.05) is 18.2 Å². The van der Waals surface area contributed by atoms with E-state index in [2.05, 4.69) is 4.98 Å². The molecular formula is C15H15NO3S. The molecule has 0 aliphatic rings. The summed E-state index contributed by atoms with van der Waals surface area (Å²) in [7, 11) is 0. The van der Waals surface area contributed by atoms with Crippen LogP contribution in [-0.2, 0) is 11.4 Å². The molecule has 0 bridgehead atoms. The van der Waals surface area contributed by atoms with E-state index < -0.39 is 5.97 Å². The Kier molecular flexibility index (Phi) is 4.53. The molecular weight excluding hydrogens is 274 g/mol. The molecule has 1 aromatic carbocycles. The molecule has 5 heteroatoms. The van der Waals surface area contributed by atoms with Crippen molar-refractivity contribution in [2.45, 2.75) is 20.5 Å². The van der Waals surface area contributed by atoms with Gasteiger partial charge in [0.25, 0.3) is 0 Å². The highest BCUT2D eigenvalue weighted by Gasteiger charge is 2.07. The van der Waals surface area contributed by atoms with Crippen LogP contribution in [0, 0.1) is 13.8 Å². The highest BCUT2D eigenvalue weighted by Crippen LogP contribution is 2.25. The fraction of sp³-hybridized carbons (Fsp3) is 0.200. The molecule has 0 unspecified atom stereocenters. The van der Waals surface area contributed by atoms with Crippen molar-refractivity contribution in [3.8, 4) is 5.75 Å². The maximum absolute atomic E-state index is 10.6. The fourth-order valence-electron chi connectivity index (χ4n) is 1.79. The molecule has 20 heavy (non-hydrogen) atoms. The maximum atomic E-state index is 10.6. The van der Waals surface area contributed by atoms with Gasteiger partial charge in [-0.3, -0.25) is 0 Å². The normalized spacial score (nSPS) is 10.9. The average Bonchev–Trinajstić information content (AvgIpc) is 2.81. The molecule has 104 valence electrons. The summed E-state index contributed by atoms with van der Waals surface area (Å²) in [6.45, 7) is 4.26. The number of thiazole rings is 1. The standard InChI is InChI=1S/C15H15NO3S/c1-10-4-3-5-12(6-7-14(17)18)15(10)19-8-13-9-20-11(2)16-13/h3-7,9H,8H2,1-2H3,(H,17,18)/b7-6+. The molecule has 2 rings (SSSR count). The molecule has 0 atom stereocenters. The number of benzene rings is 1. The first kappa shape index (κ1) is 14.3. The van der Waals surface area contributed by atoms with Gasteiger partial charge in [0.1, 0.15) is 12.4 Å². The van der Waals surface area contributed by atoms with Crippen molar-refractivity contribution >= 4 is 23.4 Å². The molecule has 1 N–H and O–H groups in total. The monoisotopic (exact) mass is 289 g/mol. The lowest BCUT2D eigenvalue weighted by molar-refractivity contribution is -0.131. The molecule has 0 spiro atoms. The summed E-state index contributed by atoms with van der Waals surface area (Å²) in [5.41, 5.74) is 2.59. The predicted octanol–water partition coefficient (Wildman–Crippen LogP) is 3.44. The highest BCUT2D eigenvalue weighted by molar-refractivity contribution is 7.09. The van der Waals surface area contributed by atoms with Gasteiger partial charge in [0.05, 0.1) is 10.7 Å². The largest absolute Gasteiger partial charge is 0.486 e. The number of hydrogen-bond donors (Lipinski definition) is 1. The van der Waals surface area contributed by atoms with Crippen LogP contribution in [0.25, 0.3) is 6.08 Å². The summed E-state index contributed by atoms with van der Waals surface area (Å²) in [6, 6.07) is 5.63. The predicted molar refractivity (Wildman–Crippen MR) is 79.0 cm³/mol. The SMILES string of the molecule is Cc1nc(COc2c(C)cccc2/C=C/C(=O)O)cs1. The Morgan fingerprint density at radius 2 is 2.25 bits per heavy atom. The van der Waals surface area contributed by atoms with E-state index in [0.29, 0.717) is 12.4 Å². The van der Waals surface area contributed by atoms with Crippen LogP contribution < -0.4 is 4.74 Å². The first-order valence-electron chi connectivity index (χ1n) is 6.10. The van der Waals surface area contributed by atoms with Crippen molar-refractivity contribution in [2.75, 3.05) is 0 Å². The number of aliphatic carboxylic acids is 1. The van der Waals surface area contributed by atoms with E-state index in [1.807, 2.05) is 37.4 Å². The van der Waals surface area contributed by atoms with Crippen LogP contribution in [-0.4, -0.2) is 16.1 Å². The molecule has 2 aromatic rings. The zero-order chi connectivity index (χ0) is 14.5. The van der Waals surface area contributed by atoms with Crippen molar-refractivity contribution in [1.82, 2.24) is 4.98 Å². The third-order valence-electron chi connectivity index (χ3n) is 2.68. The summed E-state index contributed by atoms with van der Waals surface area (Å²) < 4.78 is 5.80. The van der Waals surface area contributed by atoms with Crippen LogP contribution >= 0.6 is 11.3 Å². The Morgan fingerprint density at radius 3 is 2.90 bits per heavy atom. The minimum absolute atomic E-state index is 0.378. The molecule has 0 saturated carbocycles. The third-order valence-corrected chi connectivity index (χ3v) is 3.50. The van der Waals surface area contributed by atoms with Crippen molar-refractivity contribution in [1.29, 1.82) is 0 Å². The quantitative estimate of drug-likeness (QED) is 0.857. The number of para-hydroxylation sites is 1. The zero-order valence-electron chi connectivity index (χ0n) is 11.3. The van der Waals surface area contributed by atoms with Crippen LogP contribution in [0.15, 0.2) is 29.7 Å². The second-order valence-corrected chi connectivity index (χ2v) is 5.37. The Morgan fingerprint density at radius 1 is 1.45 bits per heavy atom. The van der Waals surface area contributed by atoms with Gasteiger partial charge in [0.2, 0.25) is 0 Å². The molecule has 1 heterocycles. The number of ether oxygens (including phenoxy) is 1. The van der Waals surface area contributed by atoms with Gasteiger partial charge in [0, 0.05) is 17.0 Å². The van der Waals surface area contributed by atoms with E-state index in [0.717, 1.165) is 27.9 Å². The fourth-order valence-corrected chi connectivity index (χ4v) is 2.38. The number of nitrogens with zero attached hydrogens (tertiary/aromatic N) is 1. The van der Waals surface area contributed by atoms with Crippen molar-refractivity contribution in [2.24, 2.45) is 0 Å². The lowest BCUT2D eigenvalue weighted by Crippen LogP contribution is -1.99. The van der Waals surface area contributed by atoms with E-state index in [4.69, 9.17) is 9.84 Å². The van der Waals surface area contributed by atoms with Crippen molar-refractivity contribution in [3.63, 3.8) is 0 Å². The van der Waals surface area contributed by atoms with Crippen molar-refractivity contribution in [3.05, 3.63) is 51.5 Å². The molecule has 0 aliphatic heterocycles. The molecule has 4 nitrogen and oxygen atoms in total. The summed E-state index contributed by atoms with van der Waals surface area (Å²) >= 11 is 1.58. The van der Waals surface area contributed by atoms with Crippen LogP contribution in [0.2, 0.25) is 0 Å². The molecule has 0 saturated heterocycles. The van der Waals surface area contributed by atoms with E-state index >= 15 is 0 Å². The van der Waals surface area contributed by atoms with Crippen LogP contribution in [0.4, 0.5) is 0 Å². The Balaban J connectivity index is 2.19. The zero-order valence-corrected chi connectivity index (χ0v) is 12.1. The van der Waals surface area contributed by atoms with E-state index in [1.165, 1.54) is 6.08 Å². The maximum Gasteiger partial charge on any atom is 0.328 e. The van der Waals surface area contributed by atoms with Gasteiger partial charge >= 0.3 is 5.97 Å². The Bertz CT molecular complexity index is 646. The van der Waals surface area contributed by atoms with Gasteiger partial charge < -0.3 is 9.84 Å². The summed E-state index contributed by atoms with van der Waals surface area (Å²) in [4.78, 5) is 15.0. The van der Waals surface area contributed by atoms with Crippen LogP contribution in [0.3, 0.4) is 0 Å². The molecule has 0 amide bonds. The molecule has 0 aliphatic carbocycles. The second-order valence-electron chi connectivity index (χ2n) is 4.31. The summed E-state index contributed by atoms with van der Waals surface area (Å²) in [5, 5.41) is 11.7. The number of aryl methyl sites for hydroxylation is 2. The number of carboxylic acid groups (broad SMARTS) is 1. The third kappa shape index (κ3) is 3.68. The Labute approximate surface area is 121 Å². The number of rotatable bonds is 5. The number of hydrogen-bond acceptors (Lipinski definition) is 4. The first-order chi connectivity index (χ1) is 9.56. The van der Waals surface area contributed by atoms with Crippen LogP contribution in [0.5, 0.6) is 5.75 Å². The van der Waals surface area contributed by atoms with E-state index in [9.17, 15) is 4.79 Å². The Hall–Kier alpha value is -2.14. The number of aromatic nitrogens is 1. The number of carbonyl (C=O) groups is 1. The molecule has 1 aromatic heterocycles. The number of carboxylic acids is 1. The van der Waals surface area contributed by atoms with Gasteiger partial charge in [0.15, 0.2) is 0 Å². The lowest BCUT2D eigenvalue weighted by Gasteiger charge is -2.11. The van der Waals surface area contributed by atoms with Crippen LogP contribution in [0.1, 0.15) is 21.8 Å². The summed E-state index contributed by atoms with van der Waals surface area (Å²) in [6.07, 6.45) is 2.64. The second kappa shape index (κ2) is 6.34. The van der Waals surface area contributed by atoms with E-state index in [-0.39, 0.29) is 0 Å². The smallest absolute Gasteiger partial charge is 0.328 e. The highest BCUT2D eigenvalue weighted by atomic mass is 32.1. The summed E-state index contributed by atoms with van der Waals surface area (Å²) in [5.74, 6) is -0.289. The van der Waals surface area contributed by atoms with Gasteiger partial charge in [-0.05, 0) is 25.5 Å².